The Kier molecular flexibility index (Phi) is 4.10. The predicted octanol–water partition coefficient (Wildman–Crippen LogP) is 4.51. The van der Waals surface area contributed by atoms with Crippen molar-refractivity contribution in [3.05, 3.63) is 0 Å². The van der Waals surface area contributed by atoms with E-state index in [2.05, 4.69) is 48.5 Å². The van der Waals surface area contributed by atoms with E-state index in [9.17, 15) is 0 Å². The van der Waals surface area contributed by atoms with E-state index in [0.29, 0.717) is 17.4 Å². The fraction of sp³-hybridized carbons (Fsp3) is 1.00. The van der Waals surface area contributed by atoms with Crippen LogP contribution < -0.4 is 0 Å². The van der Waals surface area contributed by atoms with Crippen molar-refractivity contribution in [2.45, 2.75) is 67.4 Å². The third-order valence-corrected chi connectivity index (χ3v) is 4.01. The van der Waals surface area contributed by atoms with Gasteiger partial charge in [0.2, 0.25) is 0 Å². The van der Waals surface area contributed by atoms with Crippen molar-refractivity contribution in [1.29, 1.82) is 0 Å². The topological polar surface area (TPSA) is 9.23 Å². The predicted molar refractivity (Wildman–Crippen MR) is 70.5 cm³/mol. The normalized spacial score (nSPS) is 32.8. The summed E-state index contributed by atoms with van der Waals surface area (Å²) in [5, 5.41) is 0. The molecule has 1 fully saturated rings. The molecule has 0 aromatic rings. The maximum absolute atomic E-state index is 6.19. The monoisotopic (exact) mass is 226 g/mol. The Morgan fingerprint density at radius 2 is 1.56 bits per heavy atom. The Balaban J connectivity index is 2.85. The lowest BCUT2D eigenvalue weighted by atomic mass is 9.65. The van der Waals surface area contributed by atoms with Crippen LogP contribution in [0.15, 0.2) is 0 Å². The minimum atomic E-state index is 0.261. The maximum atomic E-state index is 6.19. The van der Waals surface area contributed by atoms with Gasteiger partial charge in [0, 0.05) is 6.61 Å². The standard InChI is InChI=1S/C15H30O/c1-8-11-9-12(14(2,3)4)13(16-10-11)15(5,6)7/h11-13H,8-10H2,1-7H3/t11?,12-,13?/m0/s1. The molecule has 3 atom stereocenters. The molecule has 1 aliphatic rings. The van der Waals surface area contributed by atoms with Crippen LogP contribution in [0, 0.1) is 22.7 Å². The van der Waals surface area contributed by atoms with Gasteiger partial charge in [0.05, 0.1) is 6.10 Å². The molecule has 0 aliphatic carbocycles. The molecule has 0 aromatic heterocycles. The second-order valence-electron chi connectivity index (χ2n) is 7.60. The first-order valence-corrected chi connectivity index (χ1v) is 6.78. The SMILES string of the molecule is CCC1COC(C(C)(C)C)[C@@H](C(C)(C)C)C1. The Bertz CT molecular complexity index is 219. The van der Waals surface area contributed by atoms with Crippen LogP contribution >= 0.6 is 0 Å². The van der Waals surface area contributed by atoms with Crippen molar-refractivity contribution in [2.24, 2.45) is 22.7 Å². The van der Waals surface area contributed by atoms with E-state index in [1.54, 1.807) is 0 Å². The van der Waals surface area contributed by atoms with Crippen LogP contribution in [0.1, 0.15) is 61.3 Å². The molecule has 0 bridgehead atoms. The van der Waals surface area contributed by atoms with Crippen molar-refractivity contribution >= 4 is 0 Å². The van der Waals surface area contributed by atoms with Crippen molar-refractivity contribution in [3.63, 3.8) is 0 Å². The van der Waals surface area contributed by atoms with Gasteiger partial charge in [-0.15, -0.1) is 0 Å². The number of hydrogen-bond donors (Lipinski definition) is 0. The zero-order valence-electron chi connectivity index (χ0n) is 12.3. The molecule has 96 valence electrons. The van der Waals surface area contributed by atoms with Gasteiger partial charge >= 0.3 is 0 Å². The fourth-order valence-electron chi connectivity index (χ4n) is 2.85. The van der Waals surface area contributed by atoms with E-state index in [-0.39, 0.29) is 5.41 Å². The van der Waals surface area contributed by atoms with Crippen LogP contribution in [0.2, 0.25) is 0 Å². The molecule has 0 amide bonds. The van der Waals surface area contributed by atoms with Gasteiger partial charge in [-0.3, -0.25) is 0 Å². The third kappa shape index (κ3) is 3.23. The van der Waals surface area contributed by atoms with E-state index in [0.717, 1.165) is 12.5 Å². The Labute approximate surface area is 102 Å². The van der Waals surface area contributed by atoms with Gasteiger partial charge in [-0.1, -0.05) is 54.9 Å². The zero-order chi connectivity index (χ0) is 12.6. The first-order chi connectivity index (χ1) is 7.16. The largest absolute Gasteiger partial charge is 0.377 e. The minimum Gasteiger partial charge on any atom is -0.377 e. The number of ether oxygens (including phenoxy) is 1. The van der Waals surface area contributed by atoms with Gasteiger partial charge in [-0.2, -0.15) is 0 Å². The molecule has 0 saturated carbocycles. The molecule has 1 rings (SSSR count). The first kappa shape index (κ1) is 14.0. The first-order valence-electron chi connectivity index (χ1n) is 6.78. The van der Waals surface area contributed by atoms with Crippen LogP contribution in [0.4, 0.5) is 0 Å². The van der Waals surface area contributed by atoms with Gasteiger partial charge < -0.3 is 4.74 Å². The number of hydrogen-bond acceptors (Lipinski definition) is 1. The van der Waals surface area contributed by atoms with Crippen LogP contribution in [-0.4, -0.2) is 12.7 Å². The summed E-state index contributed by atoms with van der Waals surface area (Å²) in [6, 6.07) is 0. The van der Waals surface area contributed by atoms with Crippen molar-refractivity contribution in [1.82, 2.24) is 0 Å². The highest BCUT2D eigenvalue weighted by atomic mass is 16.5. The molecule has 1 nitrogen and oxygen atoms in total. The van der Waals surface area contributed by atoms with E-state index in [1.165, 1.54) is 12.8 Å². The van der Waals surface area contributed by atoms with Gasteiger partial charge in [0.25, 0.3) is 0 Å². The number of rotatable bonds is 1. The molecular formula is C15H30O. The molecule has 1 heterocycles. The van der Waals surface area contributed by atoms with E-state index in [1.807, 2.05) is 0 Å². The van der Waals surface area contributed by atoms with Gasteiger partial charge in [0.15, 0.2) is 0 Å². The Hall–Kier alpha value is -0.0400. The highest BCUT2D eigenvalue weighted by molar-refractivity contribution is 4.92. The van der Waals surface area contributed by atoms with E-state index < -0.39 is 0 Å². The summed E-state index contributed by atoms with van der Waals surface area (Å²) < 4.78 is 6.19. The van der Waals surface area contributed by atoms with Gasteiger partial charge in [-0.25, -0.2) is 0 Å². The average Bonchev–Trinajstić information content (AvgIpc) is 2.14. The highest BCUT2D eigenvalue weighted by Crippen LogP contribution is 2.45. The lowest BCUT2D eigenvalue weighted by molar-refractivity contribution is -0.136. The van der Waals surface area contributed by atoms with Crippen molar-refractivity contribution < 1.29 is 4.74 Å². The lowest BCUT2D eigenvalue weighted by Crippen LogP contribution is -2.47. The van der Waals surface area contributed by atoms with Crippen LogP contribution in [-0.2, 0) is 4.74 Å². The molecule has 1 saturated heterocycles. The molecule has 2 unspecified atom stereocenters. The summed E-state index contributed by atoms with van der Waals surface area (Å²) in [5.41, 5.74) is 0.614. The molecule has 0 N–H and O–H groups in total. The summed E-state index contributed by atoms with van der Waals surface area (Å²) >= 11 is 0. The van der Waals surface area contributed by atoms with Crippen molar-refractivity contribution in [3.8, 4) is 0 Å². The van der Waals surface area contributed by atoms with Gasteiger partial charge in [0.1, 0.15) is 0 Å². The molecule has 16 heavy (non-hydrogen) atoms. The summed E-state index contributed by atoms with van der Waals surface area (Å²) in [6.07, 6.45) is 3.00. The van der Waals surface area contributed by atoms with E-state index in [4.69, 9.17) is 4.74 Å². The summed E-state index contributed by atoms with van der Waals surface area (Å²) in [4.78, 5) is 0. The second-order valence-corrected chi connectivity index (χ2v) is 7.60. The smallest absolute Gasteiger partial charge is 0.0656 e. The maximum Gasteiger partial charge on any atom is 0.0656 e. The fourth-order valence-corrected chi connectivity index (χ4v) is 2.85. The van der Waals surface area contributed by atoms with Crippen molar-refractivity contribution in [2.75, 3.05) is 6.61 Å². The molecule has 1 heteroatoms. The summed E-state index contributed by atoms with van der Waals surface area (Å²) in [6.45, 7) is 17.2. The minimum absolute atomic E-state index is 0.261. The van der Waals surface area contributed by atoms with Crippen LogP contribution in [0.3, 0.4) is 0 Å². The third-order valence-electron chi connectivity index (χ3n) is 4.01. The zero-order valence-corrected chi connectivity index (χ0v) is 12.3. The molecule has 0 spiro atoms. The Morgan fingerprint density at radius 1 is 1.00 bits per heavy atom. The van der Waals surface area contributed by atoms with Crippen LogP contribution in [0.25, 0.3) is 0 Å². The highest BCUT2D eigenvalue weighted by Gasteiger charge is 2.43. The van der Waals surface area contributed by atoms with Crippen LogP contribution in [0.5, 0.6) is 0 Å². The summed E-state index contributed by atoms with van der Waals surface area (Å²) in [5.74, 6) is 1.45. The lowest BCUT2D eigenvalue weighted by Gasteiger charge is -2.48. The average molecular weight is 226 g/mol. The van der Waals surface area contributed by atoms with E-state index >= 15 is 0 Å². The molecule has 0 radical (unpaired) electrons. The molecule has 1 aliphatic heterocycles. The quantitative estimate of drug-likeness (QED) is 0.639. The van der Waals surface area contributed by atoms with Gasteiger partial charge in [-0.05, 0) is 29.1 Å². The molecular weight excluding hydrogens is 196 g/mol. The second kappa shape index (κ2) is 4.68. The Morgan fingerprint density at radius 3 is 1.94 bits per heavy atom. The summed E-state index contributed by atoms with van der Waals surface area (Å²) in [7, 11) is 0. The molecule has 0 aromatic carbocycles.